The Bertz CT molecular complexity index is 1230. The largest absolute Gasteiger partial charge is 0.516 e. The minimum absolute atomic E-state index is 0.0479. The third-order valence-electron chi connectivity index (χ3n) is 4.30. The Morgan fingerprint density at radius 1 is 1.00 bits per heavy atom. The van der Waals surface area contributed by atoms with E-state index in [1.807, 2.05) is 13.8 Å². The van der Waals surface area contributed by atoms with Crippen LogP contribution in [0.25, 0.3) is 0 Å². The number of hydrogen-bond acceptors (Lipinski definition) is 4. The monoisotopic (exact) mass is 512 g/mol. The second kappa shape index (κ2) is 11.9. The Kier molecular flexibility index (Phi) is 9.52. The van der Waals surface area contributed by atoms with Gasteiger partial charge in [0.1, 0.15) is 12.3 Å². The standard InChI is InChI=1S/C22H18ClF3N2O3S.C2H6/c1-15-10-11-20(28-32(29,30)22(24,25)26)19(12-15)21(17-7-3-2-4-8-17)27-31-14-16-6-5-9-18(23)13-16;1-2/h2-13,28H,14H2,1H3;1-2H3/b27-21+;. The van der Waals surface area contributed by atoms with Crippen LogP contribution in [0.3, 0.4) is 0 Å². The quantitative estimate of drug-likeness (QED) is 0.276. The summed E-state index contributed by atoms with van der Waals surface area (Å²) in [5, 5.41) is 4.66. The first-order valence-corrected chi connectivity index (χ1v) is 12.1. The molecular formula is C24H24ClF3N2O3S. The molecule has 5 nitrogen and oxygen atoms in total. The van der Waals surface area contributed by atoms with Gasteiger partial charge >= 0.3 is 15.5 Å². The fourth-order valence-electron chi connectivity index (χ4n) is 2.80. The molecule has 0 saturated heterocycles. The summed E-state index contributed by atoms with van der Waals surface area (Å²) in [7, 11) is -5.63. The molecule has 3 aromatic rings. The second-order valence-corrected chi connectivity index (χ2v) is 8.92. The zero-order valence-electron chi connectivity index (χ0n) is 18.7. The summed E-state index contributed by atoms with van der Waals surface area (Å²) < 4.78 is 64.0. The third kappa shape index (κ3) is 7.23. The lowest BCUT2D eigenvalue weighted by Crippen LogP contribution is -2.30. The van der Waals surface area contributed by atoms with E-state index in [2.05, 4.69) is 5.16 Å². The normalized spacial score (nSPS) is 11.9. The van der Waals surface area contributed by atoms with Gasteiger partial charge in [0.2, 0.25) is 0 Å². The van der Waals surface area contributed by atoms with Gasteiger partial charge in [0.15, 0.2) is 0 Å². The number of nitrogens with zero attached hydrogens (tertiary/aromatic N) is 1. The van der Waals surface area contributed by atoms with Crippen molar-refractivity contribution >= 4 is 33.0 Å². The van der Waals surface area contributed by atoms with E-state index in [1.165, 1.54) is 18.2 Å². The van der Waals surface area contributed by atoms with Gasteiger partial charge in [-0.2, -0.15) is 21.6 Å². The van der Waals surface area contributed by atoms with Crippen LogP contribution >= 0.6 is 11.6 Å². The predicted octanol–water partition coefficient (Wildman–Crippen LogP) is 6.91. The number of sulfonamides is 1. The summed E-state index contributed by atoms with van der Waals surface area (Å²) in [5.41, 5.74) is -3.50. The van der Waals surface area contributed by atoms with E-state index < -0.39 is 15.5 Å². The number of alkyl halides is 3. The Morgan fingerprint density at radius 3 is 2.29 bits per heavy atom. The average Bonchev–Trinajstić information content (AvgIpc) is 2.79. The molecule has 3 rings (SSSR count). The first kappa shape index (κ1) is 27.2. The fourth-order valence-corrected chi connectivity index (χ4v) is 3.59. The van der Waals surface area contributed by atoms with Crippen LogP contribution in [0.4, 0.5) is 18.9 Å². The number of hydrogen-bond donors (Lipinski definition) is 1. The molecule has 0 aromatic heterocycles. The highest BCUT2D eigenvalue weighted by atomic mass is 35.5. The van der Waals surface area contributed by atoms with Gasteiger partial charge in [-0.05, 0) is 36.8 Å². The second-order valence-electron chi connectivity index (χ2n) is 6.81. The lowest BCUT2D eigenvalue weighted by atomic mass is 9.99. The van der Waals surface area contributed by atoms with E-state index in [-0.39, 0.29) is 23.6 Å². The molecular weight excluding hydrogens is 489 g/mol. The van der Waals surface area contributed by atoms with Gasteiger partial charge in [0, 0.05) is 16.1 Å². The first-order valence-electron chi connectivity index (χ1n) is 10.3. The molecule has 10 heteroatoms. The highest BCUT2D eigenvalue weighted by Crippen LogP contribution is 2.29. The third-order valence-corrected chi connectivity index (χ3v) is 5.64. The number of anilines is 1. The van der Waals surface area contributed by atoms with Gasteiger partial charge in [-0.3, -0.25) is 4.72 Å². The van der Waals surface area contributed by atoms with E-state index in [1.54, 1.807) is 66.2 Å². The van der Waals surface area contributed by atoms with Crippen molar-refractivity contribution in [1.82, 2.24) is 0 Å². The van der Waals surface area contributed by atoms with Crippen LogP contribution in [0.15, 0.2) is 78.0 Å². The van der Waals surface area contributed by atoms with Crippen LogP contribution in [0, 0.1) is 6.92 Å². The van der Waals surface area contributed by atoms with E-state index >= 15 is 0 Å². The van der Waals surface area contributed by atoms with Crippen molar-refractivity contribution in [1.29, 1.82) is 0 Å². The van der Waals surface area contributed by atoms with Gasteiger partial charge in [0.05, 0.1) is 5.69 Å². The maximum atomic E-state index is 13.0. The molecule has 182 valence electrons. The van der Waals surface area contributed by atoms with Crippen molar-refractivity contribution in [2.75, 3.05) is 4.72 Å². The predicted molar refractivity (Wildman–Crippen MR) is 129 cm³/mol. The molecule has 0 atom stereocenters. The van der Waals surface area contributed by atoms with E-state index in [0.717, 1.165) is 5.56 Å². The van der Waals surface area contributed by atoms with E-state index in [0.29, 0.717) is 16.1 Å². The van der Waals surface area contributed by atoms with Crippen LogP contribution in [0.2, 0.25) is 5.02 Å². The fraction of sp³-hybridized carbons (Fsp3) is 0.208. The SMILES string of the molecule is CC.Cc1ccc(NS(=O)(=O)C(F)(F)F)c(/C(=N/OCc2cccc(Cl)c2)c2ccccc2)c1. The molecule has 0 radical (unpaired) electrons. The molecule has 0 unspecified atom stereocenters. The van der Waals surface area contributed by atoms with Gasteiger partial charge in [-0.1, -0.05) is 84.7 Å². The number of oxime groups is 1. The first-order chi connectivity index (χ1) is 16.1. The summed E-state index contributed by atoms with van der Waals surface area (Å²) in [6.45, 7) is 5.77. The van der Waals surface area contributed by atoms with Crippen LogP contribution in [0.5, 0.6) is 0 Å². The molecule has 0 aliphatic heterocycles. The number of nitrogens with one attached hydrogen (secondary N) is 1. The van der Waals surface area contributed by atoms with Crippen molar-refractivity contribution in [3.8, 4) is 0 Å². The molecule has 1 N–H and O–H groups in total. The molecule has 0 aliphatic rings. The van der Waals surface area contributed by atoms with Crippen molar-refractivity contribution < 1.29 is 26.4 Å². The molecule has 0 heterocycles. The summed E-state index contributed by atoms with van der Waals surface area (Å²) in [6.07, 6.45) is 0. The lowest BCUT2D eigenvalue weighted by molar-refractivity contribution is -0.0429. The Hall–Kier alpha value is -3.04. The Morgan fingerprint density at radius 2 is 1.68 bits per heavy atom. The van der Waals surface area contributed by atoms with Gasteiger partial charge in [0.25, 0.3) is 0 Å². The van der Waals surface area contributed by atoms with E-state index in [4.69, 9.17) is 16.4 Å². The molecule has 0 amide bonds. The zero-order valence-corrected chi connectivity index (χ0v) is 20.3. The van der Waals surface area contributed by atoms with Crippen molar-refractivity contribution in [3.05, 3.63) is 100 Å². The average molecular weight is 513 g/mol. The van der Waals surface area contributed by atoms with Crippen molar-refractivity contribution in [2.24, 2.45) is 5.16 Å². The highest BCUT2D eigenvalue weighted by molar-refractivity contribution is 7.93. The minimum atomic E-state index is -5.63. The van der Waals surface area contributed by atoms with Gasteiger partial charge in [-0.15, -0.1) is 0 Å². The van der Waals surface area contributed by atoms with E-state index in [9.17, 15) is 21.6 Å². The number of halogens is 4. The lowest BCUT2D eigenvalue weighted by Gasteiger charge is -2.16. The molecule has 3 aromatic carbocycles. The number of aryl methyl sites for hydroxylation is 1. The molecule has 0 spiro atoms. The van der Waals surface area contributed by atoms with Crippen LogP contribution in [-0.4, -0.2) is 19.6 Å². The molecule has 0 saturated carbocycles. The summed E-state index contributed by atoms with van der Waals surface area (Å²) >= 11 is 5.97. The molecule has 0 bridgehead atoms. The van der Waals surface area contributed by atoms with Crippen LogP contribution in [0.1, 0.15) is 36.1 Å². The minimum Gasteiger partial charge on any atom is -0.390 e. The van der Waals surface area contributed by atoms with Crippen LogP contribution < -0.4 is 4.72 Å². The molecule has 0 aliphatic carbocycles. The number of benzene rings is 3. The summed E-state index contributed by atoms with van der Waals surface area (Å²) in [6, 6.07) is 19.8. The van der Waals surface area contributed by atoms with Crippen molar-refractivity contribution in [3.63, 3.8) is 0 Å². The van der Waals surface area contributed by atoms with Gasteiger partial charge < -0.3 is 4.84 Å². The Balaban J connectivity index is 0.00000199. The zero-order chi connectivity index (χ0) is 25.4. The topological polar surface area (TPSA) is 67.8 Å². The highest BCUT2D eigenvalue weighted by Gasteiger charge is 2.46. The van der Waals surface area contributed by atoms with Crippen molar-refractivity contribution in [2.45, 2.75) is 32.9 Å². The summed E-state index contributed by atoms with van der Waals surface area (Å²) in [5.74, 6) is 0. The number of rotatable bonds is 7. The maximum absolute atomic E-state index is 13.0. The smallest absolute Gasteiger partial charge is 0.390 e. The summed E-state index contributed by atoms with van der Waals surface area (Å²) in [4.78, 5) is 5.47. The van der Waals surface area contributed by atoms with Crippen LogP contribution in [-0.2, 0) is 21.5 Å². The molecule has 0 fully saturated rings. The maximum Gasteiger partial charge on any atom is 0.516 e. The van der Waals surface area contributed by atoms with Gasteiger partial charge in [-0.25, -0.2) is 0 Å². The Labute approximate surface area is 202 Å². The molecule has 34 heavy (non-hydrogen) atoms.